The molecule has 1 atom stereocenters. The van der Waals surface area contributed by atoms with Crippen molar-refractivity contribution in [2.45, 2.75) is 44.7 Å². The highest BCUT2D eigenvalue weighted by Gasteiger charge is 2.30. The molecule has 0 bridgehead atoms. The van der Waals surface area contributed by atoms with Gasteiger partial charge < -0.3 is 4.90 Å². The topological polar surface area (TPSA) is 66.5 Å². The molecule has 5 nitrogen and oxygen atoms in total. The van der Waals surface area contributed by atoms with Gasteiger partial charge in [-0.05, 0) is 49.6 Å². The Labute approximate surface area is 148 Å². The first-order valence-electron chi connectivity index (χ1n) is 8.26. The van der Waals surface area contributed by atoms with Gasteiger partial charge in [0.2, 0.25) is 15.9 Å². The number of sulfonamides is 1. The number of anilines is 1. The van der Waals surface area contributed by atoms with Gasteiger partial charge in [0.15, 0.2) is 0 Å². The summed E-state index contributed by atoms with van der Waals surface area (Å²) in [7, 11) is -3.60. The average molecular weight is 358 g/mol. The van der Waals surface area contributed by atoms with Crippen LogP contribution in [-0.2, 0) is 27.8 Å². The van der Waals surface area contributed by atoms with Crippen molar-refractivity contribution in [1.29, 1.82) is 0 Å². The van der Waals surface area contributed by atoms with Gasteiger partial charge in [-0.15, -0.1) is 0 Å². The molecule has 0 aliphatic carbocycles. The predicted molar refractivity (Wildman–Crippen MR) is 98.0 cm³/mol. The third kappa shape index (κ3) is 3.60. The van der Waals surface area contributed by atoms with E-state index in [9.17, 15) is 13.2 Å². The van der Waals surface area contributed by atoms with Gasteiger partial charge in [0.05, 0.1) is 4.90 Å². The summed E-state index contributed by atoms with van der Waals surface area (Å²) < 4.78 is 27.8. The Morgan fingerprint density at radius 2 is 2.00 bits per heavy atom. The molecule has 132 valence electrons. The van der Waals surface area contributed by atoms with Gasteiger partial charge in [0.25, 0.3) is 0 Å². The van der Waals surface area contributed by atoms with Gasteiger partial charge in [0.1, 0.15) is 0 Å². The minimum atomic E-state index is -3.60. The second-order valence-corrected chi connectivity index (χ2v) is 8.31. The summed E-state index contributed by atoms with van der Waals surface area (Å²) >= 11 is 0. The Morgan fingerprint density at radius 3 is 2.68 bits per heavy atom. The van der Waals surface area contributed by atoms with Gasteiger partial charge in [0, 0.05) is 25.2 Å². The Kier molecular flexibility index (Phi) is 4.67. The Morgan fingerprint density at radius 1 is 1.24 bits per heavy atom. The Hall–Kier alpha value is -2.18. The third-order valence-corrected chi connectivity index (χ3v) is 5.86. The number of hydrogen-bond acceptors (Lipinski definition) is 3. The number of benzene rings is 2. The lowest BCUT2D eigenvalue weighted by Crippen LogP contribution is -2.33. The zero-order valence-electron chi connectivity index (χ0n) is 14.6. The predicted octanol–water partition coefficient (Wildman–Crippen LogP) is 2.77. The smallest absolute Gasteiger partial charge is 0.240 e. The molecule has 0 saturated carbocycles. The number of carbonyl (C=O) groups is 1. The van der Waals surface area contributed by atoms with Crippen LogP contribution in [0.25, 0.3) is 0 Å². The molecule has 0 aromatic heterocycles. The second kappa shape index (κ2) is 6.61. The van der Waals surface area contributed by atoms with Crippen molar-refractivity contribution in [2.24, 2.45) is 0 Å². The lowest BCUT2D eigenvalue weighted by Gasteiger charge is -2.20. The molecule has 0 fully saturated rings. The molecule has 2 aromatic rings. The first-order valence-corrected chi connectivity index (χ1v) is 9.74. The fourth-order valence-corrected chi connectivity index (χ4v) is 4.41. The molecule has 2 aromatic carbocycles. The van der Waals surface area contributed by atoms with Crippen LogP contribution >= 0.6 is 0 Å². The zero-order valence-corrected chi connectivity index (χ0v) is 15.4. The number of aryl methyl sites for hydroxylation is 1. The highest BCUT2D eigenvalue weighted by molar-refractivity contribution is 7.89. The van der Waals surface area contributed by atoms with Crippen molar-refractivity contribution >= 4 is 21.6 Å². The van der Waals surface area contributed by atoms with Crippen LogP contribution in [0.1, 0.15) is 30.5 Å². The van der Waals surface area contributed by atoms with E-state index in [1.165, 1.54) is 6.92 Å². The molecule has 1 aliphatic heterocycles. The summed E-state index contributed by atoms with van der Waals surface area (Å²) in [4.78, 5) is 13.7. The van der Waals surface area contributed by atoms with E-state index in [1.807, 2.05) is 38.1 Å². The van der Waals surface area contributed by atoms with Gasteiger partial charge in [-0.25, -0.2) is 13.1 Å². The summed E-state index contributed by atoms with van der Waals surface area (Å²) in [6.45, 7) is 5.71. The van der Waals surface area contributed by atoms with Crippen LogP contribution in [0.15, 0.2) is 47.4 Å². The van der Waals surface area contributed by atoms with E-state index in [4.69, 9.17) is 0 Å². The van der Waals surface area contributed by atoms with Gasteiger partial charge in [-0.3, -0.25) is 4.79 Å². The van der Waals surface area contributed by atoms with Crippen LogP contribution in [0, 0.1) is 6.92 Å². The zero-order chi connectivity index (χ0) is 18.2. The number of rotatable bonds is 4. The monoisotopic (exact) mass is 358 g/mol. The molecule has 1 amide bonds. The summed E-state index contributed by atoms with van der Waals surface area (Å²) in [5.41, 5.74) is 3.70. The van der Waals surface area contributed by atoms with Gasteiger partial charge in [-0.1, -0.05) is 29.8 Å². The lowest BCUT2D eigenvalue weighted by atomic mass is 10.1. The van der Waals surface area contributed by atoms with Crippen LogP contribution in [0.3, 0.4) is 0 Å². The normalized spacial score (nSPS) is 16.8. The van der Waals surface area contributed by atoms with E-state index < -0.39 is 10.0 Å². The second-order valence-electron chi connectivity index (χ2n) is 6.55. The fourth-order valence-electron chi connectivity index (χ4n) is 3.34. The highest BCUT2D eigenvalue weighted by atomic mass is 32.2. The quantitative estimate of drug-likeness (QED) is 0.914. The largest absolute Gasteiger partial charge is 0.309 e. The SMILES string of the molecule is CC(=O)N1c2ccc(S(=O)(=O)NCc3cccc(C)c3)cc2CC1C. The maximum atomic E-state index is 12.6. The minimum absolute atomic E-state index is 0.0283. The molecule has 1 aliphatic rings. The lowest BCUT2D eigenvalue weighted by molar-refractivity contribution is -0.116. The summed E-state index contributed by atoms with van der Waals surface area (Å²) in [5.74, 6) is -0.0283. The van der Waals surface area contributed by atoms with E-state index in [1.54, 1.807) is 23.1 Å². The number of nitrogens with one attached hydrogen (secondary N) is 1. The van der Waals surface area contributed by atoms with Crippen molar-refractivity contribution < 1.29 is 13.2 Å². The first-order chi connectivity index (χ1) is 11.8. The van der Waals surface area contributed by atoms with Gasteiger partial charge >= 0.3 is 0 Å². The van der Waals surface area contributed by atoms with E-state index in [0.29, 0.717) is 6.42 Å². The molecular formula is C19H22N2O3S. The fraction of sp³-hybridized carbons (Fsp3) is 0.316. The molecule has 6 heteroatoms. The van der Waals surface area contributed by atoms with Crippen molar-refractivity contribution in [3.63, 3.8) is 0 Å². The molecule has 0 spiro atoms. The van der Waals surface area contributed by atoms with Crippen molar-refractivity contribution in [1.82, 2.24) is 4.72 Å². The van der Waals surface area contributed by atoms with Crippen LogP contribution in [-0.4, -0.2) is 20.4 Å². The van der Waals surface area contributed by atoms with E-state index >= 15 is 0 Å². The first kappa shape index (κ1) is 17.6. The van der Waals surface area contributed by atoms with Crippen molar-refractivity contribution in [3.05, 3.63) is 59.2 Å². The minimum Gasteiger partial charge on any atom is -0.309 e. The van der Waals surface area contributed by atoms with E-state index in [-0.39, 0.29) is 23.4 Å². The summed E-state index contributed by atoms with van der Waals surface area (Å²) in [6.07, 6.45) is 0.663. The molecular weight excluding hydrogens is 336 g/mol. The molecule has 0 saturated heterocycles. The van der Waals surface area contributed by atoms with E-state index in [0.717, 1.165) is 22.4 Å². The average Bonchev–Trinajstić information content (AvgIpc) is 2.88. The third-order valence-electron chi connectivity index (χ3n) is 4.46. The molecule has 1 unspecified atom stereocenters. The molecule has 1 heterocycles. The van der Waals surface area contributed by atoms with Gasteiger partial charge in [-0.2, -0.15) is 0 Å². The number of fused-ring (bicyclic) bond motifs is 1. The van der Waals surface area contributed by atoms with Crippen LogP contribution in [0.5, 0.6) is 0 Å². The Balaban J connectivity index is 1.82. The standard InChI is InChI=1S/C19H22N2O3S/c1-13-5-4-6-16(9-13)12-20-25(23,24)18-7-8-19-17(11-18)10-14(2)21(19)15(3)22/h4-9,11,14,20H,10,12H2,1-3H3. The highest BCUT2D eigenvalue weighted by Crippen LogP contribution is 2.33. The van der Waals surface area contributed by atoms with Crippen molar-refractivity contribution in [2.75, 3.05) is 4.90 Å². The maximum Gasteiger partial charge on any atom is 0.240 e. The van der Waals surface area contributed by atoms with E-state index in [2.05, 4.69) is 4.72 Å². The maximum absolute atomic E-state index is 12.6. The molecule has 25 heavy (non-hydrogen) atoms. The number of nitrogens with zero attached hydrogens (tertiary/aromatic N) is 1. The van der Waals surface area contributed by atoms with Crippen molar-refractivity contribution in [3.8, 4) is 0 Å². The summed E-state index contributed by atoms with van der Waals surface area (Å²) in [6, 6.07) is 12.7. The van der Waals surface area contributed by atoms with Crippen LogP contribution in [0.2, 0.25) is 0 Å². The Bertz CT molecular complexity index is 922. The molecule has 1 N–H and O–H groups in total. The number of hydrogen-bond donors (Lipinski definition) is 1. The number of carbonyl (C=O) groups excluding carboxylic acids is 1. The van der Waals surface area contributed by atoms with Crippen LogP contribution in [0.4, 0.5) is 5.69 Å². The molecule has 0 radical (unpaired) electrons. The summed E-state index contributed by atoms with van der Waals surface area (Å²) in [5, 5.41) is 0. The van der Waals surface area contributed by atoms with Crippen LogP contribution < -0.4 is 9.62 Å². The molecule has 3 rings (SSSR count). The number of amides is 1.